The maximum atomic E-state index is 12.3. The minimum absolute atomic E-state index is 0.0503. The molecule has 0 aromatic carbocycles. The van der Waals surface area contributed by atoms with Gasteiger partial charge in [-0.25, -0.2) is 13.4 Å². The average Bonchev–Trinajstić information content (AvgIpc) is 2.84. The molecule has 0 saturated heterocycles. The van der Waals surface area contributed by atoms with Crippen molar-refractivity contribution in [2.45, 2.75) is 11.4 Å². The lowest BCUT2D eigenvalue weighted by Gasteiger charge is -2.14. The molecule has 18 heavy (non-hydrogen) atoms. The molecule has 0 aliphatic rings. The lowest BCUT2D eigenvalue weighted by Crippen LogP contribution is -2.28. The summed E-state index contributed by atoms with van der Waals surface area (Å²) in [6.45, 7) is 0.118. The van der Waals surface area contributed by atoms with Gasteiger partial charge in [-0.3, -0.25) is 4.40 Å². The van der Waals surface area contributed by atoms with Crippen molar-refractivity contribution in [3.8, 4) is 6.07 Å². The number of halogens is 1. The molecule has 0 atom stereocenters. The van der Waals surface area contributed by atoms with Crippen molar-refractivity contribution >= 4 is 37.9 Å². The van der Waals surface area contributed by atoms with Crippen LogP contribution in [0.25, 0.3) is 4.96 Å². The normalized spacial score (nSPS) is 12.1. The van der Waals surface area contributed by atoms with Crippen LogP contribution in [-0.2, 0) is 10.0 Å². The highest BCUT2D eigenvalue weighted by Crippen LogP contribution is 2.27. The summed E-state index contributed by atoms with van der Waals surface area (Å²) in [5.74, 6) is 0. The van der Waals surface area contributed by atoms with Gasteiger partial charge in [-0.2, -0.15) is 9.57 Å². The van der Waals surface area contributed by atoms with Gasteiger partial charge in [0.25, 0.3) is 10.0 Å². The quantitative estimate of drug-likeness (QED) is 0.859. The minimum atomic E-state index is -3.74. The van der Waals surface area contributed by atoms with Gasteiger partial charge in [0.05, 0.1) is 6.07 Å². The van der Waals surface area contributed by atoms with E-state index < -0.39 is 10.0 Å². The largest absolute Gasteiger partial charge is 0.279 e. The first-order chi connectivity index (χ1) is 8.48. The Bertz CT molecular complexity index is 713. The van der Waals surface area contributed by atoms with Crippen molar-refractivity contribution in [3.05, 3.63) is 16.7 Å². The molecule has 0 spiro atoms. The lowest BCUT2D eigenvalue weighted by atomic mass is 10.5. The second-order valence-corrected chi connectivity index (χ2v) is 6.69. The minimum Gasteiger partial charge on any atom is -0.279 e. The number of imidazole rings is 1. The highest BCUT2D eigenvalue weighted by Gasteiger charge is 2.28. The molecule has 0 aliphatic heterocycles. The Morgan fingerprint density at radius 1 is 1.67 bits per heavy atom. The van der Waals surface area contributed by atoms with E-state index in [1.54, 1.807) is 11.6 Å². The van der Waals surface area contributed by atoms with Gasteiger partial charge < -0.3 is 0 Å². The van der Waals surface area contributed by atoms with E-state index in [2.05, 4.69) is 4.98 Å². The van der Waals surface area contributed by atoms with Gasteiger partial charge in [-0.1, -0.05) is 11.6 Å². The second-order valence-electron chi connectivity index (χ2n) is 3.50. The molecule has 0 radical (unpaired) electrons. The van der Waals surface area contributed by atoms with Crippen LogP contribution in [0.1, 0.15) is 6.42 Å². The molecule has 6 nitrogen and oxygen atoms in total. The molecule has 0 bridgehead atoms. The van der Waals surface area contributed by atoms with E-state index in [0.29, 0.717) is 4.96 Å². The Labute approximate surface area is 113 Å². The predicted octanol–water partition coefficient (Wildman–Crippen LogP) is 1.58. The summed E-state index contributed by atoms with van der Waals surface area (Å²) in [6.07, 6.45) is 1.73. The number of fused-ring (bicyclic) bond motifs is 1. The highest BCUT2D eigenvalue weighted by atomic mass is 35.5. The van der Waals surface area contributed by atoms with Crippen molar-refractivity contribution in [3.63, 3.8) is 0 Å². The lowest BCUT2D eigenvalue weighted by molar-refractivity contribution is 0.473. The average molecular weight is 305 g/mol. The Kier molecular flexibility index (Phi) is 3.59. The standard InChI is InChI=1S/C9H9ClN4O2S2/c1-13(4-2-3-11)18(15,16)8-7(10)12-9-14(8)5-6-17-9/h5-6H,2,4H2,1H3. The SMILES string of the molecule is CN(CCC#N)S(=O)(=O)c1c(Cl)nc2sccn12. The molecule has 0 saturated carbocycles. The number of hydrogen-bond donors (Lipinski definition) is 0. The maximum absolute atomic E-state index is 12.3. The van der Waals surface area contributed by atoms with Crippen LogP contribution in [0, 0.1) is 11.3 Å². The van der Waals surface area contributed by atoms with Crippen LogP contribution in [0.2, 0.25) is 5.15 Å². The van der Waals surface area contributed by atoms with Gasteiger partial charge in [0, 0.05) is 31.6 Å². The highest BCUT2D eigenvalue weighted by molar-refractivity contribution is 7.89. The Hall–Kier alpha value is -1.14. The number of thiazole rings is 1. The number of nitrogens with zero attached hydrogens (tertiary/aromatic N) is 4. The van der Waals surface area contributed by atoms with Crippen molar-refractivity contribution < 1.29 is 8.42 Å². The number of rotatable bonds is 4. The van der Waals surface area contributed by atoms with Crippen LogP contribution in [0.4, 0.5) is 0 Å². The molecule has 0 aliphatic carbocycles. The second kappa shape index (κ2) is 4.85. The Balaban J connectivity index is 2.50. The zero-order valence-electron chi connectivity index (χ0n) is 9.37. The predicted molar refractivity (Wildman–Crippen MR) is 68.1 cm³/mol. The van der Waals surface area contributed by atoms with Crippen molar-refractivity contribution in [2.75, 3.05) is 13.6 Å². The summed E-state index contributed by atoms with van der Waals surface area (Å²) in [7, 11) is -2.33. The van der Waals surface area contributed by atoms with Crippen molar-refractivity contribution in [1.29, 1.82) is 5.26 Å². The van der Waals surface area contributed by atoms with E-state index in [4.69, 9.17) is 16.9 Å². The van der Waals surface area contributed by atoms with Crippen LogP contribution < -0.4 is 0 Å². The first-order valence-corrected chi connectivity index (χ1v) is 7.62. The van der Waals surface area contributed by atoms with Gasteiger partial charge >= 0.3 is 0 Å². The number of hydrogen-bond acceptors (Lipinski definition) is 5. The molecule has 2 aromatic heterocycles. The van der Waals surface area contributed by atoms with Crippen LogP contribution >= 0.6 is 22.9 Å². The van der Waals surface area contributed by atoms with Crippen molar-refractivity contribution in [2.24, 2.45) is 0 Å². The zero-order valence-corrected chi connectivity index (χ0v) is 11.8. The monoisotopic (exact) mass is 304 g/mol. The fourth-order valence-electron chi connectivity index (χ4n) is 1.44. The van der Waals surface area contributed by atoms with Crippen LogP contribution in [0.3, 0.4) is 0 Å². The number of sulfonamides is 1. The van der Waals surface area contributed by atoms with Gasteiger partial charge in [-0.15, -0.1) is 11.3 Å². The van der Waals surface area contributed by atoms with Crippen molar-refractivity contribution in [1.82, 2.24) is 13.7 Å². The third-order valence-electron chi connectivity index (χ3n) is 2.37. The summed E-state index contributed by atoms with van der Waals surface area (Å²) < 4.78 is 27.2. The zero-order chi connectivity index (χ0) is 13.3. The summed E-state index contributed by atoms with van der Waals surface area (Å²) in [4.78, 5) is 4.50. The van der Waals surface area contributed by atoms with E-state index in [1.807, 2.05) is 6.07 Å². The van der Waals surface area contributed by atoms with E-state index >= 15 is 0 Å². The fourth-order valence-corrected chi connectivity index (χ4v) is 4.01. The summed E-state index contributed by atoms with van der Waals surface area (Å²) in [5, 5.41) is 10.1. The molecule has 0 amide bonds. The smallest absolute Gasteiger partial charge is 0.262 e. The van der Waals surface area contributed by atoms with E-state index in [9.17, 15) is 8.42 Å². The molecule has 0 N–H and O–H groups in total. The van der Waals surface area contributed by atoms with Gasteiger partial charge in [0.1, 0.15) is 0 Å². The summed E-state index contributed by atoms with van der Waals surface area (Å²) >= 11 is 7.18. The first kappa shape index (κ1) is 13.3. The molecular weight excluding hydrogens is 296 g/mol. The molecule has 2 aromatic rings. The van der Waals surface area contributed by atoms with Crippen LogP contribution in [0.15, 0.2) is 16.6 Å². The van der Waals surface area contributed by atoms with Gasteiger partial charge in [0.2, 0.25) is 0 Å². The first-order valence-electron chi connectivity index (χ1n) is 4.93. The molecule has 0 fully saturated rings. The summed E-state index contributed by atoms with van der Waals surface area (Å²) in [5.41, 5.74) is 0. The molecule has 2 heterocycles. The van der Waals surface area contributed by atoms with Crippen LogP contribution in [0.5, 0.6) is 0 Å². The summed E-state index contributed by atoms with van der Waals surface area (Å²) in [6, 6.07) is 1.90. The Morgan fingerprint density at radius 2 is 2.39 bits per heavy atom. The van der Waals surface area contributed by atoms with Crippen LogP contribution in [-0.4, -0.2) is 35.7 Å². The van der Waals surface area contributed by atoms with Gasteiger partial charge in [0.15, 0.2) is 15.1 Å². The number of nitriles is 1. The molecule has 9 heteroatoms. The molecule has 2 rings (SSSR count). The van der Waals surface area contributed by atoms with E-state index in [1.165, 1.54) is 22.8 Å². The Morgan fingerprint density at radius 3 is 3.06 bits per heavy atom. The molecular formula is C9H9ClN4O2S2. The molecule has 0 unspecified atom stereocenters. The van der Waals surface area contributed by atoms with E-state index in [0.717, 1.165) is 4.31 Å². The van der Waals surface area contributed by atoms with Gasteiger partial charge in [-0.05, 0) is 0 Å². The molecule has 96 valence electrons. The maximum Gasteiger partial charge on any atom is 0.262 e. The topological polar surface area (TPSA) is 78.5 Å². The van der Waals surface area contributed by atoms with E-state index in [-0.39, 0.29) is 23.1 Å². The fraction of sp³-hybridized carbons (Fsp3) is 0.333. The third kappa shape index (κ3) is 2.10. The third-order valence-corrected chi connectivity index (χ3v) is 5.39. The number of aromatic nitrogens is 2.